The predicted octanol–water partition coefficient (Wildman–Crippen LogP) is 1.96. The summed E-state index contributed by atoms with van der Waals surface area (Å²) in [5.74, 6) is -1.54. The van der Waals surface area contributed by atoms with Crippen LogP contribution in [0.2, 0.25) is 0 Å². The van der Waals surface area contributed by atoms with E-state index in [1.165, 1.54) is 33.3 Å². The number of rotatable bonds is 7. The Morgan fingerprint density at radius 1 is 1.03 bits per heavy atom. The van der Waals surface area contributed by atoms with Crippen LogP contribution in [0.5, 0.6) is 11.5 Å². The van der Waals surface area contributed by atoms with Gasteiger partial charge in [-0.05, 0) is 19.8 Å². The van der Waals surface area contributed by atoms with Gasteiger partial charge in [0.25, 0.3) is 5.91 Å². The van der Waals surface area contributed by atoms with Crippen LogP contribution in [-0.2, 0) is 14.3 Å². The molecule has 10 nitrogen and oxygen atoms in total. The van der Waals surface area contributed by atoms with Gasteiger partial charge >= 0.3 is 12.0 Å². The number of benzene rings is 1. The lowest BCUT2D eigenvalue weighted by Crippen LogP contribution is -2.42. The maximum absolute atomic E-state index is 12.7. The number of urea groups is 1. The second-order valence-electron chi connectivity index (χ2n) is 6.98. The average Bonchev–Trinajstić information content (AvgIpc) is 2.73. The summed E-state index contributed by atoms with van der Waals surface area (Å²) in [6.45, 7) is 1.29. The summed E-state index contributed by atoms with van der Waals surface area (Å²) in [6, 6.07) is 1.76. The Kier molecular flexibility index (Phi) is 8.02. The van der Waals surface area contributed by atoms with E-state index in [1.54, 1.807) is 0 Å². The van der Waals surface area contributed by atoms with Crippen LogP contribution in [0.3, 0.4) is 0 Å². The molecule has 1 aliphatic carbocycles. The van der Waals surface area contributed by atoms with E-state index in [-0.39, 0.29) is 28.8 Å². The quantitative estimate of drug-likeness (QED) is 0.570. The molecule has 4 N–H and O–H groups in total. The maximum atomic E-state index is 12.7. The zero-order chi connectivity index (χ0) is 22.3. The summed E-state index contributed by atoms with van der Waals surface area (Å²) >= 11 is 0. The summed E-state index contributed by atoms with van der Waals surface area (Å²) in [5.41, 5.74) is 5.06. The van der Waals surface area contributed by atoms with Crippen molar-refractivity contribution in [1.29, 1.82) is 0 Å². The Bertz CT molecular complexity index is 819. The number of hydrogen-bond acceptors (Lipinski definition) is 7. The lowest BCUT2D eigenvalue weighted by atomic mass is 9.88. The zero-order valence-electron chi connectivity index (χ0n) is 17.3. The van der Waals surface area contributed by atoms with Crippen molar-refractivity contribution in [3.05, 3.63) is 17.7 Å². The fourth-order valence-corrected chi connectivity index (χ4v) is 3.25. The van der Waals surface area contributed by atoms with E-state index in [1.807, 2.05) is 5.32 Å². The molecule has 1 aliphatic rings. The minimum Gasteiger partial charge on any atom is -0.493 e. The summed E-state index contributed by atoms with van der Waals surface area (Å²) in [4.78, 5) is 48.1. The van der Waals surface area contributed by atoms with Crippen LogP contribution >= 0.6 is 0 Å². The van der Waals surface area contributed by atoms with Crippen molar-refractivity contribution >= 4 is 29.5 Å². The van der Waals surface area contributed by atoms with Gasteiger partial charge in [-0.1, -0.05) is 19.3 Å². The largest absolute Gasteiger partial charge is 0.493 e. The highest BCUT2D eigenvalue weighted by Crippen LogP contribution is 2.35. The van der Waals surface area contributed by atoms with Crippen LogP contribution in [-0.4, -0.2) is 44.1 Å². The second-order valence-corrected chi connectivity index (χ2v) is 6.98. The molecule has 2 rings (SSSR count). The van der Waals surface area contributed by atoms with E-state index in [2.05, 4.69) is 5.32 Å². The van der Waals surface area contributed by atoms with Crippen molar-refractivity contribution in [2.24, 2.45) is 11.7 Å². The van der Waals surface area contributed by atoms with Gasteiger partial charge in [-0.3, -0.25) is 14.9 Å². The van der Waals surface area contributed by atoms with Gasteiger partial charge in [-0.15, -0.1) is 0 Å². The number of ether oxygens (including phenoxy) is 3. The number of esters is 1. The summed E-state index contributed by atoms with van der Waals surface area (Å²) in [7, 11) is 2.83. The molecule has 1 atom stereocenters. The van der Waals surface area contributed by atoms with Crippen LogP contribution < -0.4 is 25.8 Å². The number of primary amides is 1. The third-order valence-corrected chi connectivity index (χ3v) is 4.88. The van der Waals surface area contributed by atoms with Crippen molar-refractivity contribution < 1.29 is 33.4 Å². The van der Waals surface area contributed by atoms with Crippen LogP contribution in [0.15, 0.2) is 12.1 Å². The molecular weight excluding hydrogens is 394 g/mol. The number of nitrogens with one attached hydrogen (secondary N) is 2. The van der Waals surface area contributed by atoms with E-state index >= 15 is 0 Å². The highest BCUT2D eigenvalue weighted by atomic mass is 16.5. The van der Waals surface area contributed by atoms with Crippen LogP contribution in [0, 0.1) is 5.92 Å². The minimum atomic E-state index is -1.29. The average molecular weight is 421 g/mol. The van der Waals surface area contributed by atoms with Crippen LogP contribution in [0.1, 0.15) is 49.4 Å². The molecule has 0 saturated heterocycles. The smallest absolute Gasteiger partial charge is 0.341 e. The van der Waals surface area contributed by atoms with Gasteiger partial charge in [-0.25, -0.2) is 9.59 Å². The number of hydrogen-bond donors (Lipinski definition) is 3. The second kappa shape index (κ2) is 10.5. The molecule has 0 bridgehead atoms. The molecule has 0 heterocycles. The monoisotopic (exact) mass is 421 g/mol. The first-order chi connectivity index (χ1) is 14.3. The molecule has 4 amide bonds. The van der Waals surface area contributed by atoms with Gasteiger partial charge in [0.2, 0.25) is 5.91 Å². The number of anilines is 1. The standard InChI is InChI=1S/C20H27N3O7/c1-11(17(24)23-20(21)27)30-19(26)13-9-15(28-2)16(29-3)10-14(13)22-18(25)12-7-5-4-6-8-12/h9-12H,4-8H2,1-3H3,(H,22,25)(H3,21,23,24,27)/t11-/m0/s1. The number of amides is 4. The lowest BCUT2D eigenvalue weighted by Gasteiger charge is -2.22. The molecule has 0 aliphatic heterocycles. The van der Waals surface area contributed by atoms with Crippen molar-refractivity contribution in [2.45, 2.75) is 45.1 Å². The molecule has 1 aromatic rings. The molecule has 1 fully saturated rings. The first-order valence-electron chi connectivity index (χ1n) is 9.65. The number of methoxy groups -OCH3 is 2. The number of nitrogens with two attached hydrogens (primary N) is 1. The molecule has 10 heteroatoms. The molecule has 1 saturated carbocycles. The van der Waals surface area contributed by atoms with E-state index in [0.29, 0.717) is 5.75 Å². The number of carbonyl (C=O) groups excluding carboxylic acids is 4. The normalized spacial score (nSPS) is 14.9. The molecule has 0 unspecified atom stereocenters. The molecule has 0 radical (unpaired) electrons. The van der Waals surface area contributed by atoms with E-state index in [9.17, 15) is 19.2 Å². The Balaban J connectivity index is 2.28. The topological polar surface area (TPSA) is 146 Å². The van der Waals surface area contributed by atoms with Gasteiger partial charge < -0.3 is 25.3 Å². The van der Waals surface area contributed by atoms with Gasteiger partial charge in [0.15, 0.2) is 17.6 Å². The Morgan fingerprint density at radius 2 is 1.63 bits per heavy atom. The lowest BCUT2D eigenvalue weighted by molar-refractivity contribution is -0.127. The summed E-state index contributed by atoms with van der Waals surface area (Å²) in [6.07, 6.45) is 3.33. The fourth-order valence-electron chi connectivity index (χ4n) is 3.25. The highest BCUT2D eigenvalue weighted by Gasteiger charge is 2.27. The first kappa shape index (κ1) is 23.0. The summed E-state index contributed by atoms with van der Waals surface area (Å²) < 4.78 is 15.6. The predicted molar refractivity (Wildman–Crippen MR) is 107 cm³/mol. The van der Waals surface area contributed by atoms with Crippen LogP contribution in [0.4, 0.5) is 10.5 Å². The Labute approximate surface area is 174 Å². The van der Waals surface area contributed by atoms with Crippen molar-refractivity contribution in [3.8, 4) is 11.5 Å². The maximum Gasteiger partial charge on any atom is 0.341 e. The van der Waals surface area contributed by atoms with E-state index < -0.39 is 24.0 Å². The fraction of sp³-hybridized carbons (Fsp3) is 0.500. The summed E-state index contributed by atoms with van der Waals surface area (Å²) in [5, 5.41) is 4.61. The molecular formula is C20H27N3O7. The van der Waals surface area contributed by atoms with Crippen LogP contribution in [0.25, 0.3) is 0 Å². The highest BCUT2D eigenvalue weighted by molar-refractivity contribution is 6.04. The molecule has 0 aromatic heterocycles. The van der Waals surface area contributed by atoms with E-state index in [0.717, 1.165) is 32.1 Å². The third kappa shape index (κ3) is 5.85. The minimum absolute atomic E-state index is 0.0180. The molecule has 1 aromatic carbocycles. The Hall–Kier alpha value is -3.30. The SMILES string of the molecule is COc1cc(NC(=O)C2CCCCC2)c(C(=O)O[C@@H](C)C(=O)NC(N)=O)cc1OC. The van der Waals surface area contributed by atoms with Crippen molar-refractivity contribution in [3.63, 3.8) is 0 Å². The van der Waals surface area contributed by atoms with Gasteiger partial charge in [0.05, 0.1) is 25.5 Å². The number of carbonyl (C=O) groups is 4. The third-order valence-electron chi connectivity index (χ3n) is 4.88. The molecule has 30 heavy (non-hydrogen) atoms. The van der Waals surface area contributed by atoms with Gasteiger partial charge in [-0.2, -0.15) is 0 Å². The first-order valence-corrected chi connectivity index (χ1v) is 9.65. The molecule has 0 spiro atoms. The van der Waals surface area contributed by atoms with Gasteiger partial charge in [0, 0.05) is 18.1 Å². The van der Waals surface area contributed by atoms with Gasteiger partial charge in [0.1, 0.15) is 0 Å². The number of imide groups is 1. The van der Waals surface area contributed by atoms with E-state index in [4.69, 9.17) is 19.9 Å². The van der Waals surface area contributed by atoms with Crippen molar-refractivity contribution in [1.82, 2.24) is 5.32 Å². The van der Waals surface area contributed by atoms with Crippen molar-refractivity contribution in [2.75, 3.05) is 19.5 Å². The Morgan fingerprint density at radius 3 is 2.20 bits per heavy atom. The zero-order valence-corrected chi connectivity index (χ0v) is 17.3. The molecule has 164 valence electrons.